The van der Waals surface area contributed by atoms with Gasteiger partial charge in [0.2, 0.25) is 0 Å². The third-order valence-electron chi connectivity index (χ3n) is 2.75. The van der Waals surface area contributed by atoms with E-state index in [9.17, 15) is 4.79 Å². The Kier molecular flexibility index (Phi) is 5.16. The molecule has 1 aromatic rings. The van der Waals surface area contributed by atoms with E-state index in [1.54, 1.807) is 0 Å². The van der Waals surface area contributed by atoms with Crippen LogP contribution in [0, 0.1) is 0 Å². The molecule has 0 aromatic heterocycles. The lowest BCUT2D eigenvalue weighted by molar-refractivity contribution is -0.141. The molecule has 0 saturated carbocycles. The highest BCUT2D eigenvalue weighted by Crippen LogP contribution is 2.17. The molecule has 1 rings (SSSR count). The Bertz CT molecular complexity index is 357. The smallest absolute Gasteiger partial charge is 0.312 e. The molecule has 0 radical (unpaired) electrons. The molecule has 1 aromatic carbocycles. The Balaban J connectivity index is 2.64. The van der Waals surface area contributed by atoms with Gasteiger partial charge in [-0.2, -0.15) is 0 Å². The van der Waals surface area contributed by atoms with Crippen molar-refractivity contribution in [2.24, 2.45) is 0 Å². The van der Waals surface area contributed by atoms with Gasteiger partial charge in [0, 0.05) is 12.6 Å². The summed E-state index contributed by atoms with van der Waals surface area (Å²) in [5.41, 5.74) is 2.21. The lowest BCUT2D eigenvalue weighted by atomic mass is 10.00. The molecule has 3 nitrogen and oxygen atoms in total. The maximum atomic E-state index is 11.4. The molecular weight excluding hydrogens is 214 g/mol. The number of carbonyl (C=O) groups excluding carboxylic acids is 1. The van der Waals surface area contributed by atoms with E-state index in [0.29, 0.717) is 6.04 Å². The van der Waals surface area contributed by atoms with Gasteiger partial charge in [-0.1, -0.05) is 38.1 Å². The Morgan fingerprint density at radius 1 is 1.24 bits per heavy atom. The first-order valence-corrected chi connectivity index (χ1v) is 5.94. The first kappa shape index (κ1) is 13.7. The minimum atomic E-state index is -0.202. The molecule has 0 bridgehead atoms. The van der Waals surface area contributed by atoms with Gasteiger partial charge in [-0.3, -0.25) is 4.79 Å². The van der Waals surface area contributed by atoms with Gasteiger partial charge >= 0.3 is 5.97 Å². The van der Waals surface area contributed by atoms with Gasteiger partial charge in [-0.25, -0.2) is 0 Å². The Hall–Kier alpha value is -1.35. The first-order chi connectivity index (χ1) is 8.04. The monoisotopic (exact) mass is 235 g/mol. The zero-order valence-corrected chi connectivity index (χ0v) is 11.0. The Morgan fingerprint density at radius 2 is 1.82 bits per heavy atom. The quantitative estimate of drug-likeness (QED) is 0.797. The van der Waals surface area contributed by atoms with Crippen LogP contribution in [0.5, 0.6) is 0 Å². The number of esters is 1. The van der Waals surface area contributed by atoms with Crippen molar-refractivity contribution in [2.75, 3.05) is 7.11 Å². The molecule has 0 saturated heterocycles. The number of benzene rings is 1. The maximum absolute atomic E-state index is 11.4. The van der Waals surface area contributed by atoms with Gasteiger partial charge in [0.05, 0.1) is 13.0 Å². The molecule has 0 amide bonds. The van der Waals surface area contributed by atoms with E-state index in [-0.39, 0.29) is 11.9 Å². The van der Waals surface area contributed by atoms with Crippen molar-refractivity contribution < 1.29 is 9.53 Å². The molecule has 3 heteroatoms. The fourth-order valence-electron chi connectivity index (χ4n) is 1.56. The number of rotatable bonds is 5. The Morgan fingerprint density at radius 3 is 2.29 bits per heavy atom. The van der Waals surface area contributed by atoms with Crippen LogP contribution in [-0.4, -0.2) is 19.1 Å². The molecule has 0 aliphatic heterocycles. The summed E-state index contributed by atoms with van der Waals surface area (Å²) in [5, 5.41) is 3.35. The van der Waals surface area contributed by atoms with Crippen molar-refractivity contribution in [1.29, 1.82) is 0 Å². The molecular formula is C14H21NO2. The number of nitrogens with one attached hydrogen (secondary N) is 1. The zero-order valence-electron chi connectivity index (χ0n) is 11.0. The van der Waals surface area contributed by atoms with E-state index in [4.69, 9.17) is 4.74 Å². The molecule has 0 aliphatic carbocycles. The van der Waals surface area contributed by atoms with E-state index >= 15 is 0 Å². The summed E-state index contributed by atoms with van der Waals surface area (Å²) < 4.78 is 4.72. The van der Waals surface area contributed by atoms with Crippen LogP contribution in [0.15, 0.2) is 24.3 Å². The second-order valence-corrected chi connectivity index (χ2v) is 4.52. The number of hydrogen-bond donors (Lipinski definition) is 1. The topological polar surface area (TPSA) is 38.3 Å². The van der Waals surface area contributed by atoms with Crippen molar-refractivity contribution in [3.05, 3.63) is 35.4 Å². The molecule has 0 aliphatic rings. The summed E-state index contributed by atoms with van der Waals surface area (Å²) in [6.07, 6.45) is 0. The van der Waals surface area contributed by atoms with Crippen LogP contribution in [-0.2, 0) is 16.1 Å². The zero-order chi connectivity index (χ0) is 12.8. The van der Waals surface area contributed by atoms with E-state index in [1.165, 1.54) is 12.7 Å². The number of ether oxygens (including phenoxy) is 1. The lowest BCUT2D eigenvalue weighted by Gasteiger charge is -2.11. The van der Waals surface area contributed by atoms with Crippen molar-refractivity contribution in [3.63, 3.8) is 0 Å². The van der Waals surface area contributed by atoms with E-state index in [1.807, 2.05) is 31.2 Å². The van der Waals surface area contributed by atoms with Crippen molar-refractivity contribution in [2.45, 2.75) is 39.3 Å². The third kappa shape index (κ3) is 4.19. The predicted molar refractivity (Wildman–Crippen MR) is 68.8 cm³/mol. The summed E-state index contributed by atoms with van der Waals surface area (Å²) in [6, 6.07) is 8.54. The number of hydrogen-bond acceptors (Lipinski definition) is 3. The number of methoxy groups -OCH3 is 1. The minimum absolute atomic E-state index is 0.196. The van der Waals surface area contributed by atoms with E-state index in [2.05, 4.69) is 19.2 Å². The average Bonchev–Trinajstić information content (AvgIpc) is 2.35. The van der Waals surface area contributed by atoms with Gasteiger partial charge in [-0.15, -0.1) is 0 Å². The minimum Gasteiger partial charge on any atom is -0.469 e. The van der Waals surface area contributed by atoms with Crippen LogP contribution in [0.1, 0.15) is 37.8 Å². The summed E-state index contributed by atoms with van der Waals surface area (Å²) >= 11 is 0. The highest BCUT2D eigenvalue weighted by molar-refractivity contribution is 5.77. The standard InChI is InChI=1S/C14H21NO2/c1-10(2)15-9-12-5-7-13(8-6-12)11(3)14(16)17-4/h5-8,10-11,15H,9H2,1-4H3. The molecule has 0 fully saturated rings. The molecule has 0 heterocycles. The summed E-state index contributed by atoms with van der Waals surface area (Å²) in [6.45, 7) is 6.94. The van der Waals surface area contributed by atoms with Crippen LogP contribution in [0.3, 0.4) is 0 Å². The molecule has 1 unspecified atom stereocenters. The summed E-state index contributed by atoms with van der Waals surface area (Å²) in [7, 11) is 1.42. The predicted octanol–water partition coefficient (Wildman–Crippen LogP) is 2.46. The highest BCUT2D eigenvalue weighted by atomic mass is 16.5. The fraction of sp³-hybridized carbons (Fsp3) is 0.500. The van der Waals surface area contributed by atoms with Gasteiger partial charge in [0.15, 0.2) is 0 Å². The van der Waals surface area contributed by atoms with Crippen molar-refractivity contribution in [3.8, 4) is 0 Å². The van der Waals surface area contributed by atoms with Crippen LogP contribution < -0.4 is 5.32 Å². The molecule has 1 N–H and O–H groups in total. The van der Waals surface area contributed by atoms with E-state index < -0.39 is 0 Å². The number of carbonyl (C=O) groups is 1. The second-order valence-electron chi connectivity index (χ2n) is 4.52. The van der Waals surface area contributed by atoms with Gasteiger partial charge < -0.3 is 10.1 Å². The van der Waals surface area contributed by atoms with Gasteiger partial charge in [-0.05, 0) is 18.1 Å². The van der Waals surface area contributed by atoms with E-state index in [0.717, 1.165) is 12.1 Å². The third-order valence-corrected chi connectivity index (χ3v) is 2.75. The van der Waals surface area contributed by atoms with Crippen LogP contribution in [0.4, 0.5) is 0 Å². The molecule has 17 heavy (non-hydrogen) atoms. The lowest BCUT2D eigenvalue weighted by Crippen LogP contribution is -2.21. The maximum Gasteiger partial charge on any atom is 0.312 e. The normalized spacial score (nSPS) is 12.5. The first-order valence-electron chi connectivity index (χ1n) is 5.94. The summed E-state index contributed by atoms with van der Waals surface area (Å²) in [5.74, 6) is -0.398. The van der Waals surface area contributed by atoms with Crippen molar-refractivity contribution >= 4 is 5.97 Å². The van der Waals surface area contributed by atoms with Gasteiger partial charge in [0.25, 0.3) is 0 Å². The van der Waals surface area contributed by atoms with Crippen LogP contribution in [0.2, 0.25) is 0 Å². The summed E-state index contributed by atoms with van der Waals surface area (Å²) in [4.78, 5) is 11.4. The Labute approximate surface area is 103 Å². The molecule has 1 atom stereocenters. The van der Waals surface area contributed by atoms with Crippen LogP contribution >= 0.6 is 0 Å². The molecule has 94 valence electrons. The fourth-order valence-corrected chi connectivity index (χ4v) is 1.56. The average molecular weight is 235 g/mol. The van der Waals surface area contributed by atoms with Crippen molar-refractivity contribution in [1.82, 2.24) is 5.32 Å². The highest BCUT2D eigenvalue weighted by Gasteiger charge is 2.14. The van der Waals surface area contributed by atoms with Gasteiger partial charge in [0.1, 0.15) is 0 Å². The SMILES string of the molecule is COC(=O)C(C)c1ccc(CNC(C)C)cc1. The van der Waals surface area contributed by atoms with Crippen LogP contribution in [0.25, 0.3) is 0 Å². The second kappa shape index (κ2) is 6.40. The molecule has 0 spiro atoms. The largest absolute Gasteiger partial charge is 0.469 e.